The number of piperidine rings is 1. The molecule has 2 amide bonds. The molecule has 2 aliphatic heterocycles. The fourth-order valence-electron chi connectivity index (χ4n) is 3.93. The van der Waals surface area contributed by atoms with Crippen LogP contribution in [0.15, 0.2) is 42.5 Å². The van der Waals surface area contributed by atoms with Crippen molar-refractivity contribution in [1.29, 1.82) is 0 Å². The molecular formula is C23H26N3O5+. The Morgan fingerprint density at radius 1 is 0.968 bits per heavy atom. The fourth-order valence-corrected chi connectivity index (χ4v) is 3.93. The fraction of sp³-hybridized carbons (Fsp3) is 0.348. The zero-order valence-electron chi connectivity index (χ0n) is 17.4. The van der Waals surface area contributed by atoms with Gasteiger partial charge >= 0.3 is 0 Å². The van der Waals surface area contributed by atoms with Crippen LogP contribution in [0.3, 0.4) is 0 Å². The maximum atomic E-state index is 12.6. The van der Waals surface area contributed by atoms with E-state index in [1.807, 2.05) is 0 Å². The highest BCUT2D eigenvalue weighted by molar-refractivity contribution is 5.97. The highest BCUT2D eigenvalue weighted by Gasteiger charge is 2.29. The summed E-state index contributed by atoms with van der Waals surface area (Å²) in [5.74, 6) is 1.09. The van der Waals surface area contributed by atoms with Gasteiger partial charge in [-0.1, -0.05) is 12.1 Å². The van der Waals surface area contributed by atoms with E-state index in [9.17, 15) is 14.4 Å². The Balaban J connectivity index is 1.24. The molecule has 0 saturated carbocycles. The van der Waals surface area contributed by atoms with Crippen molar-refractivity contribution in [2.75, 3.05) is 37.1 Å². The molecule has 1 saturated heterocycles. The Kier molecular flexibility index (Phi) is 6.18. The third-order valence-corrected chi connectivity index (χ3v) is 5.67. The quantitative estimate of drug-likeness (QED) is 0.611. The van der Waals surface area contributed by atoms with Crippen LogP contribution in [0.4, 0.5) is 11.4 Å². The monoisotopic (exact) mass is 424 g/mol. The second-order valence-electron chi connectivity index (χ2n) is 7.94. The molecule has 0 unspecified atom stereocenters. The van der Waals surface area contributed by atoms with E-state index in [4.69, 9.17) is 9.47 Å². The number of hydrogen-bond donors (Lipinski definition) is 3. The molecule has 2 aromatic rings. The van der Waals surface area contributed by atoms with Gasteiger partial charge in [0, 0.05) is 41.8 Å². The van der Waals surface area contributed by atoms with Crippen molar-refractivity contribution in [2.24, 2.45) is 5.92 Å². The van der Waals surface area contributed by atoms with E-state index in [0.29, 0.717) is 35.0 Å². The highest BCUT2D eigenvalue weighted by Crippen LogP contribution is 2.34. The van der Waals surface area contributed by atoms with Crippen molar-refractivity contribution in [1.82, 2.24) is 0 Å². The van der Waals surface area contributed by atoms with E-state index in [2.05, 4.69) is 10.6 Å². The Bertz CT molecular complexity index is 998. The van der Waals surface area contributed by atoms with Crippen LogP contribution in [0.5, 0.6) is 11.5 Å². The van der Waals surface area contributed by atoms with Gasteiger partial charge in [-0.3, -0.25) is 14.4 Å². The number of nitrogens with one attached hydrogen (secondary N) is 3. The number of ether oxygens (including phenoxy) is 2. The molecule has 31 heavy (non-hydrogen) atoms. The first-order valence-electron chi connectivity index (χ1n) is 10.4. The summed E-state index contributed by atoms with van der Waals surface area (Å²) in [5.41, 5.74) is 1.88. The molecule has 2 aromatic carbocycles. The van der Waals surface area contributed by atoms with Crippen molar-refractivity contribution in [3.63, 3.8) is 0 Å². The summed E-state index contributed by atoms with van der Waals surface area (Å²) in [7, 11) is 0. The minimum Gasteiger partial charge on any atom is -0.454 e. The van der Waals surface area contributed by atoms with Gasteiger partial charge in [0.1, 0.15) is 0 Å². The smallest absolute Gasteiger partial charge is 0.279 e. The minimum absolute atomic E-state index is 0.0107. The zero-order chi connectivity index (χ0) is 21.8. The first-order valence-corrected chi connectivity index (χ1v) is 10.4. The molecule has 0 aromatic heterocycles. The third kappa shape index (κ3) is 5.21. The highest BCUT2D eigenvalue weighted by atomic mass is 16.7. The normalized spacial score (nSPS) is 19.5. The summed E-state index contributed by atoms with van der Waals surface area (Å²) >= 11 is 0. The average Bonchev–Trinajstić information content (AvgIpc) is 3.22. The molecular weight excluding hydrogens is 398 g/mol. The van der Waals surface area contributed by atoms with Gasteiger partial charge in [-0.2, -0.15) is 0 Å². The van der Waals surface area contributed by atoms with Gasteiger partial charge in [0.15, 0.2) is 23.8 Å². The molecule has 8 heteroatoms. The zero-order valence-corrected chi connectivity index (χ0v) is 17.4. The molecule has 0 aliphatic carbocycles. The van der Waals surface area contributed by atoms with Gasteiger partial charge < -0.3 is 25.0 Å². The number of anilines is 2. The van der Waals surface area contributed by atoms with Crippen LogP contribution in [0.25, 0.3) is 0 Å². The molecule has 0 atom stereocenters. The standard InChI is InChI=1S/C23H25N3O5/c1-15(27)17-3-2-4-18(11-17)24-22(28)13-26-9-7-16(8-10-26)23(29)25-19-5-6-20-21(12-19)31-14-30-20/h2-6,11-12,16H,7-10,13-14H2,1H3,(H,24,28)(H,25,29)/p+1. The van der Waals surface area contributed by atoms with Gasteiger partial charge in [0.2, 0.25) is 12.7 Å². The largest absolute Gasteiger partial charge is 0.454 e. The summed E-state index contributed by atoms with van der Waals surface area (Å²) < 4.78 is 10.6. The average molecular weight is 424 g/mol. The predicted molar refractivity (Wildman–Crippen MR) is 115 cm³/mol. The Morgan fingerprint density at radius 2 is 1.71 bits per heavy atom. The van der Waals surface area contributed by atoms with Gasteiger partial charge in [-0.15, -0.1) is 0 Å². The van der Waals surface area contributed by atoms with E-state index in [1.54, 1.807) is 42.5 Å². The molecule has 0 radical (unpaired) electrons. The summed E-state index contributed by atoms with van der Waals surface area (Å²) in [6.45, 7) is 3.53. The number of hydrogen-bond acceptors (Lipinski definition) is 5. The van der Waals surface area contributed by atoms with Crippen LogP contribution in [-0.4, -0.2) is 44.0 Å². The molecule has 162 valence electrons. The van der Waals surface area contributed by atoms with E-state index in [1.165, 1.54) is 6.92 Å². The van der Waals surface area contributed by atoms with Crippen molar-refractivity contribution in [2.45, 2.75) is 19.8 Å². The summed E-state index contributed by atoms with van der Waals surface area (Å²) in [6.07, 6.45) is 1.44. The number of amides is 2. The number of quaternary nitrogens is 1. The number of rotatable bonds is 6. The first-order chi connectivity index (χ1) is 15.0. The number of benzene rings is 2. The van der Waals surface area contributed by atoms with Gasteiger partial charge in [-0.25, -0.2) is 0 Å². The predicted octanol–water partition coefficient (Wildman–Crippen LogP) is 1.49. The first kappa shape index (κ1) is 20.9. The lowest BCUT2D eigenvalue weighted by atomic mass is 9.95. The number of carbonyl (C=O) groups is 3. The summed E-state index contributed by atoms with van der Waals surface area (Å²) in [4.78, 5) is 37.7. The molecule has 1 fully saturated rings. The number of Topliss-reactive ketones (excluding diaryl/α,β-unsaturated/α-hetero) is 1. The van der Waals surface area contributed by atoms with Gasteiger partial charge in [0.25, 0.3) is 5.91 Å². The van der Waals surface area contributed by atoms with E-state index in [0.717, 1.165) is 30.8 Å². The lowest BCUT2D eigenvalue weighted by Crippen LogP contribution is -3.14. The van der Waals surface area contributed by atoms with E-state index in [-0.39, 0.29) is 30.3 Å². The summed E-state index contributed by atoms with van der Waals surface area (Å²) in [6, 6.07) is 12.3. The van der Waals surface area contributed by atoms with Crippen LogP contribution >= 0.6 is 0 Å². The molecule has 0 spiro atoms. The molecule has 0 bridgehead atoms. The minimum atomic E-state index is -0.0982. The third-order valence-electron chi connectivity index (χ3n) is 5.67. The van der Waals surface area contributed by atoms with Crippen LogP contribution in [0, 0.1) is 5.92 Å². The lowest BCUT2D eigenvalue weighted by molar-refractivity contribution is -0.897. The molecule has 4 rings (SSSR count). The van der Waals surface area contributed by atoms with Crippen molar-refractivity contribution in [3.8, 4) is 11.5 Å². The van der Waals surface area contributed by atoms with Crippen LogP contribution in [-0.2, 0) is 9.59 Å². The maximum absolute atomic E-state index is 12.6. The molecule has 3 N–H and O–H groups in total. The van der Waals surface area contributed by atoms with Crippen LogP contribution in [0.1, 0.15) is 30.1 Å². The molecule has 2 aliphatic rings. The molecule has 2 heterocycles. The second kappa shape index (κ2) is 9.18. The van der Waals surface area contributed by atoms with Crippen molar-refractivity contribution in [3.05, 3.63) is 48.0 Å². The lowest BCUT2D eigenvalue weighted by Gasteiger charge is -2.28. The number of ketones is 1. The number of carbonyl (C=O) groups excluding carboxylic acids is 3. The van der Waals surface area contributed by atoms with Crippen molar-refractivity contribution < 1.29 is 28.8 Å². The summed E-state index contributed by atoms with van der Waals surface area (Å²) in [5, 5.41) is 5.81. The topological polar surface area (TPSA) is 98.2 Å². The maximum Gasteiger partial charge on any atom is 0.279 e. The molecule has 8 nitrogen and oxygen atoms in total. The van der Waals surface area contributed by atoms with E-state index < -0.39 is 0 Å². The van der Waals surface area contributed by atoms with Gasteiger partial charge in [0.05, 0.1) is 13.1 Å². The Morgan fingerprint density at radius 3 is 2.48 bits per heavy atom. The van der Waals surface area contributed by atoms with Gasteiger partial charge in [-0.05, 0) is 31.2 Å². The van der Waals surface area contributed by atoms with Crippen molar-refractivity contribution >= 4 is 29.0 Å². The Labute approximate surface area is 180 Å². The number of fused-ring (bicyclic) bond motifs is 1. The number of likely N-dealkylation sites (tertiary alicyclic amines) is 1. The second-order valence-corrected chi connectivity index (χ2v) is 7.94. The Hall–Kier alpha value is -3.39. The van der Waals surface area contributed by atoms with Crippen LogP contribution in [0.2, 0.25) is 0 Å². The van der Waals surface area contributed by atoms with E-state index >= 15 is 0 Å². The van der Waals surface area contributed by atoms with Crippen LogP contribution < -0.4 is 25.0 Å². The SMILES string of the molecule is CC(=O)c1cccc(NC(=O)C[NH+]2CCC(C(=O)Nc3ccc4c(c3)OCO4)CC2)c1.